The van der Waals surface area contributed by atoms with Crippen LogP contribution in [0, 0.1) is 54.3 Å². The van der Waals surface area contributed by atoms with Gasteiger partial charge in [0.25, 0.3) is 0 Å². The van der Waals surface area contributed by atoms with E-state index >= 15 is 4.79 Å². The number of likely N-dealkylation sites (N-methyl/N-ethyl adjacent to an activating group) is 1. The van der Waals surface area contributed by atoms with Crippen molar-refractivity contribution in [2.75, 3.05) is 68.9 Å². The number of fused-ring (bicyclic) bond motifs is 5. The number of methoxy groups -OCH3 is 3. The number of ketones is 3. The number of carboxylic acid groups (broad SMARTS) is 1. The van der Waals surface area contributed by atoms with E-state index in [1.807, 2.05) is 71.0 Å². The SMILES string of the molecule is CC(C)(C)C=O.COC(=O)/C(C)=C\C(C)(C)NC(=O)OC(C)(C)C.COC(=O)C(C)P(=O)(OC)OC.COC(=O)[C@@H](C)CC(C)(C)NC(=O)OC(C)(C)C.C[C@@H](CC(C)(C)NC(=O)OC(C)(C)C)C(=O)O.Cc1nc(-c2ccc(C(C)(C)C)cc2)nc(C)c1C(=O)C[C@@H](CC(C)(C)N)C(=O)N(C)[C@@H]1C(=O)C[C@@H](C)C(=O)N[C@H](C(=O)CCC#N)Cc2ccc(OCCN)c(c2)-c2cc1ccc2OCCN.[Li+].[OH-]. The van der Waals surface area contributed by atoms with E-state index in [0.717, 1.165) is 17.4 Å². The zero-order valence-electron chi connectivity index (χ0n) is 90.6. The number of ether oxygens (including phenoxy) is 8. The molecule has 0 saturated heterocycles. The summed E-state index contributed by atoms with van der Waals surface area (Å²) in [6.45, 7) is 54.7. The molecule has 39 heteroatoms. The Bertz CT molecular complexity index is 4880. The first-order chi connectivity index (χ1) is 63.5. The van der Waals surface area contributed by atoms with Gasteiger partial charge in [-0.3, -0.25) is 42.9 Å². The average Bonchev–Trinajstić information content (AvgIpc) is 0.773. The van der Waals surface area contributed by atoms with Gasteiger partial charge in [0.2, 0.25) is 11.8 Å². The quantitative estimate of drug-likeness (QED) is 0.00428. The van der Waals surface area contributed by atoms with Gasteiger partial charge in [0.1, 0.15) is 53.8 Å². The van der Waals surface area contributed by atoms with Crippen molar-refractivity contribution in [1.82, 2.24) is 36.1 Å². The Morgan fingerprint density at radius 1 is 0.638 bits per heavy atom. The van der Waals surface area contributed by atoms with Crippen LogP contribution in [-0.2, 0) is 97.0 Å². The molecule has 5 rings (SSSR count). The van der Waals surface area contributed by atoms with Crippen LogP contribution in [0.25, 0.3) is 22.5 Å². The fourth-order valence-electron chi connectivity index (χ4n) is 13.9. The minimum atomic E-state index is -3.32. The number of hydrogen-bond donors (Lipinski definition) is 8. The first-order valence-corrected chi connectivity index (χ1v) is 47.7. The van der Waals surface area contributed by atoms with E-state index < -0.39 is 136 Å². The van der Waals surface area contributed by atoms with Crippen LogP contribution in [0.3, 0.4) is 0 Å². The maximum atomic E-state index is 15.1. The molecule has 141 heavy (non-hydrogen) atoms. The number of rotatable bonds is 32. The summed E-state index contributed by atoms with van der Waals surface area (Å²) in [5.41, 5.74) is 18.7. The van der Waals surface area contributed by atoms with E-state index in [9.17, 15) is 67.4 Å². The van der Waals surface area contributed by atoms with Gasteiger partial charge in [-0.15, -0.1) is 0 Å². The van der Waals surface area contributed by atoms with Crippen LogP contribution in [0.15, 0.2) is 72.3 Å². The molecule has 2 heterocycles. The second-order valence-corrected chi connectivity index (χ2v) is 44.5. The number of amides is 5. The molecule has 0 saturated carbocycles. The Balaban J connectivity index is -0.00000209. The van der Waals surface area contributed by atoms with Crippen molar-refractivity contribution in [1.29, 1.82) is 5.26 Å². The molecule has 37 nitrogen and oxygen atoms in total. The van der Waals surface area contributed by atoms with Crippen LogP contribution in [0.4, 0.5) is 14.4 Å². The Hall–Kier alpha value is -10.5. The molecule has 1 aliphatic rings. The Kier molecular flexibility index (Phi) is 56.8. The molecule has 788 valence electrons. The van der Waals surface area contributed by atoms with Gasteiger partial charge in [-0.1, -0.05) is 98.7 Å². The van der Waals surface area contributed by atoms with Gasteiger partial charge < -0.3 is 106 Å². The molecular weight excluding hydrogens is 1830 g/mol. The summed E-state index contributed by atoms with van der Waals surface area (Å²) in [5, 5.41) is 29.1. The smallest absolute Gasteiger partial charge is 0.870 e. The average molecular weight is 2000 g/mol. The van der Waals surface area contributed by atoms with Gasteiger partial charge in [0.05, 0.1) is 67.8 Å². The van der Waals surface area contributed by atoms with Crippen molar-refractivity contribution in [3.8, 4) is 40.1 Å². The number of nitriles is 1. The number of benzene rings is 3. The summed E-state index contributed by atoms with van der Waals surface area (Å²) >= 11 is 0. The summed E-state index contributed by atoms with van der Waals surface area (Å²) in [4.78, 5) is 172. The number of nitrogens with two attached hydrogens (primary N) is 3. The molecule has 0 radical (unpaired) electrons. The molecular formula is C102H163LiN11O26P. The second kappa shape index (κ2) is 59.5. The Morgan fingerprint density at radius 2 is 1.08 bits per heavy atom. The van der Waals surface area contributed by atoms with E-state index in [4.69, 9.17) is 56.0 Å². The van der Waals surface area contributed by atoms with Crippen molar-refractivity contribution < 1.29 is 143 Å². The first-order valence-electron chi connectivity index (χ1n) is 46.1. The van der Waals surface area contributed by atoms with E-state index in [0.29, 0.717) is 74.9 Å². The molecule has 0 fully saturated rings. The maximum Gasteiger partial charge on any atom is 1.00 e. The predicted octanol–water partition coefficient (Wildman–Crippen LogP) is 12.8. The van der Waals surface area contributed by atoms with E-state index in [1.165, 1.54) is 54.4 Å². The molecule has 12 N–H and O–H groups in total. The maximum absolute atomic E-state index is 15.1. The van der Waals surface area contributed by atoms with Crippen LogP contribution in [0.2, 0.25) is 0 Å². The Morgan fingerprint density at radius 3 is 1.48 bits per heavy atom. The fraction of sp³-hybridized carbons (Fsp3) is 0.627. The molecule has 0 spiro atoms. The number of aryl methyl sites for hydroxylation is 2. The summed E-state index contributed by atoms with van der Waals surface area (Å²) in [7, 11) is 4.53. The molecule has 7 atom stereocenters. The summed E-state index contributed by atoms with van der Waals surface area (Å²) in [6.07, 6.45) is 1.37. The summed E-state index contributed by atoms with van der Waals surface area (Å²) in [6, 6.07) is 18.3. The predicted molar refractivity (Wildman–Crippen MR) is 536 cm³/mol. The van der Waals surface area contributed by atoms with Crippen LogP contribution in [0.5, 0.6) is 11.5 Å². The van der Waals surface area contributed by atoms with Crippen LogP contribution in [0.1, 0.15) is 283 Å². The number of carbonyl (C=O) groups is 13. The molecule has 3 aromatic carbocycles. The number of carboxylic acids is 1. The van der Waals surface area contributed by atoms with E-state index in [2.05, 4.69) is 65.3 Å². The molecule has 1 aliphatic heterocycles. The van der Waals surface area contributed by atoms with E-state index in [-0.39, 0.29) is 123 Å². The van der Waals surface area contributed by atoms with Crippen molar-refractivity contribution in [2.24, 2.45) is 46.3 Å². The third kappa shape index (κ3) is 51.3. The number of hydrogen-bond acceptors (Lipinski definition) is 31. The molecule has 0 aliphatic carbocycles. The normalized spacial score (nSPS) is 15.0. The minimum absolute atomic E-state index is 0. The third-order valence-electron chi connectivity index (χ3n) is 20.3. The van der Waals surface area contributed by atoms with Gasteiger partial charge in [-0.05, 0) is 224 Å². The van der Waals surface area contributed by atoms with Crippen molar-refractivity contribution in [3.05, 3.63) is 106 Å². The number of aliphatic carboxylic acids is 1. The van der Waals surface area contributed by atoms with Gasteiger partial charge in [0.15, 0.2) is 28.8 Å². The third-order valence-corrected chi connectivity index (χ3v) is 22.4. The minimum Gasteiger partial charge on any atom is -0.870 e. The molecule has 1 unspecified atom stereocenters. The monoisotopic (exact) mass is 2000 g/mol. The number of carbonyl (C=O) groups excluding carboxylic acids is 12. The van der Waals surface area contributed by atoms with Gasteiger partial charge in [0, 0.05) is 116 Å². The van der Waals surface area contributed by atoms with E-state index in [1.54, 1.807) is 182 Å². The number of nitrogens with one attached hydrogen (secondary N) is 4. The number of alkyl carbamates (subject to hydrolysis) is 3. The van der Waals surface area contributed by atoms with Crippen LogP contribution < -0.4 is 66.8 Å². The summed E-state index contributed by atoms with van der Waals surface area (Å²) < 4.78 is 62.1. The molecule has 1 aromatic heterocycles. The zero-order chi connectivity index (χ0) is 108. The van der Waals surface area contributed by atoms with Crippen molar-refractivity contribution >= 4 is 85.2 Å². The molecule has 4 bridgehead atoms. The first kappa shape index (κ1) is 135. The van der Waals surface area contributed by atoms with Gasteiger partial charge in [-0.2, -0.15) is 5.26 Å². The summed E-state index contributed by atoms with van der Waals surface area (Å²) in [5.74, 6) is -5.77. The number of Topliss-reactive ketones (excluding diaryl/α,β-unsaturated/α-hetero) is 3. The van der Waals surface area contributed by atoms with Crippen LogP contribution in [-0.4, -0.2) is 223 Å². The molecule has 5 amide bonds. The van der Waals surface area contributed by atoms with Gasteiger partial charge >= 0.3 is 68.6 Å². The molecule has 4 aromatic rings. The largest absolute Gasteiger partial charge is 1.00 e. The van der Waals surface area contributed by atoms with Crippen molar-refractivity contribution in [3.63, 3.8) is 0 Å². The standard InChI is InChI=1S/C53H68N8O7.C13H25NO4.C13H23NO4.C12H23NO4.C6H13O5P.C5H10O.Li.H2O/c1-31-25-44(64)48(61(9)51(66)37(30-53(7,8)57)29-43(63)47-32(2)58-49(59-33(47)3)35-13-16-38(17-14-35)52(4,5)6)36-15-19-46(68-24-22-56)40(28-36)39-26-34(12-18-45(39)67-23-21-55)27-41(60-50(31)65)42(62)11-10-20-54;2*1-9(10(15)17-7)8-13(5,6)14-11(16)18-12(2,3)4;1-8(9(14)15)7-12(5,6)13-10(16)17-11(2,3)4;1-5(6(7)9-2)12(8,10-3)11-4;1-5(2,3)4-6;;/h12-19,26,28,31,37,41,48H,10-11,21-25,27,29-30,55-57H2,1-9H3,(H,60,65);9H,8H2,1-7H3,(H,14,16);8H,1-7H3,(H,14,16);8H,7H2,1-6H3,(H,13,16)(H,14,15);5H,1-4H3;4H,1-3H3;;1H2/q;;;;;;+1;/p-1/b;;9-8-;;;;;/t31-,37+,41+,48+;9-;;8-;;;;/m10.0..../s1. The van der Waals surface area contributed by atoms with Gasteiger partial charge in [-0.25, -0.2) is 29.1 Å². The zero-order valence-corrected chi connectivity index (χ0v) is 91.5. The van der Waals surface area contributed by atoms with Crippen LogP contribution >= 0.6 is 7.60 Å². The second-order valence-electron chi connectivity index (χ2n) is 42.0. The van der Waals surface area contributed by atoms with Crippen molar-refractivity contribution in [2.45, 2.75) is 321 Å². The number of aldehydes is 1. The number of esters is 3. The number of nitrogens with zero attached hydrogens (tertiary/aromatic N) is 4. The fourth-order valence-corrected chi connectivity index (χ4v) is 15.1. The number of aromatic nitrogens is 2. The Labute approximate surface area is 847 Å². The topological polar surface area (TPSA) is 560 Å².